The van der Waals surface area contributed by atoms with E-state index in [4.69, 9.17) is 4.74 Å². The molecule has 20 heavy (non-hydrogen) atoms. The van der Waals surface area contributed by atoms with Crippen molar-refractivity contribution in [3.8, 4) is 5.88 Å². The molecule has 1 amide bonds. The number of amides is 1. The molecule has 108 valence electrons. The Hall–Kier alpha value is -1.82. The topological polar surface area (TPSA) is 59.4 Å². The monoisotopic (exact) mass is 276 g/mol. The van der Waals surface area contributed by atoms with Crippen LogP contribution < -0.4 is 10.1 Å². The molecule has 2 aliphatic heterocycles. The summed E-state index contributed by atoms with van der Waals surface area (Å²) in [5.41, 5.74) is 0.452. The number of carbonyl (C=O) groups is 1. The number of nitrogens with zero attached hydrogens (tertiary/aromatic N) is 3. The molecule has 3 heterocycles. The van der Waals surface area contributed by atoms with Crippen molar-refractivity contribution in [2.45, 2.75) is 25.4 Å². The molecule has 6 heteroatoms. The zero-order valence-electron chi connectivity index (χ0n) is 11.5. The molecule has 1 N–H and O–H groups in total. The molecule has 0 bridgehead atoms. The van der Waals surface area contributed by atoms with Crippen molar-refractivity contribution in [1.82, 2.24) is 20.0 Å². The van der Waals surface area contributed by atoms with Crippen molar-refractivity contribution in [3.05, 3.63) is 24.4 Å². The van der Waals surface area contributed by atoms with E-state index in [9.17, 15) is 4.79 Å². The highest BCUT2D eigenvalue weighted by Crippen LogP contribution is 2.19. The van der Waals surface area contributed by atoms with Gasteiger partial charge in [0.1, 0.15) is 6.61 Å². The van der Waals surface area contributed by atoms with Crippen LogP contribution in [-0.2, 0) is 6.54 Å². The molecule has 0 unspecified atom stereocenters. The van der Waals surface area contributed by atoms with Crippen LogP contribution in [0, 0.1) is 0 Å². The van der Waals surface area contributed by atoms with Crippen LogP contribution in [0.2, 0.25) is 0 Å². The fraction of sp³-hybridized carbons (Fsp3) is 0.571. The molecule has 0 atom stereocenters. The molecular weight excluding hydrogens is 256 g/mol. The lowest BCUT2D eigenvalue weighted by atomic mass is 10.0. The van der Waals surface area contributed by atoms with Crippen molar-refractivity contribution in [1.29, 1.82) is 0 Å². The van der Waals surface area contributed by atoms with Gasteiger partial charge in [-0.05, 0) is 12.8 Å². The quantitative estimate of drug-likeness (QED) is 0.821. The van der Waals surface area contributed by atoms with Gasteiger partial charge in [0.2, 0.25) is 5.88 Å². The predicted octanol–water partition coefficient (Wildman–Crippen LogP) is 0.656. The number of rotatable bonds is 4. The number of fused-ring (bicyclic) bond motifs is 1. The van der Waals surface area contributed by atoms with E-state index < -0.39 is 0 Å². The maximum absolute atomic E-state index is 12.2. The summed E-state index contributed by atoms with van der Waals surface area (Å²) in [7, 11) is 0. The predicted molar refractivity (Wildman–Crippen MR) is 74.8 cm³/mol. The fourth-order valence-electron chi connectivity index (χ4n) is 2.73. The lowest BCUT2D eigenvalue weighted by Crippen LogP contribution is -2.44. The van der Waals surface area contributed by atoms with E-state index in [0.717, 1.165) is 39.0 Å². The van der Waals surface area contributed by atoms with Crippen LogP contribution in [0.25, 0.3) is 0 Å². The summed E-state index contributed by atoms with van der Waals surface area (Å²) in [5, 5.41) is 7.32. The number of aromatic nitrogens is 2. The summed E-state index contributed by atoms with van der Waals surface area (Å²) in [6, 6.07) is 1.95. The smallest absolute Gasteiger partial charge is 0.272 e. The number of nitrogens with one attached hydrogen (secondary N) is 1. The van der Waals surface area contributed by atoms with E-state index in [0.29, 0.717) is 18.2 Å². The fourth-order valence-corrected chi connectivity index (χ4v) is 2.73. The van der Waals surface area contributed by atoms with E-state index in [1.54, 1.807) is 10.7 Å². The Bertz CT molecular complexity index is 482. The molecule has 0 aromatic carbocycles. The van der Waals surface area contributed by atoms with Gasteiger partial charge in [0.15, 0.2) is 5.69 Å². The molecule has 6 nitrogen and oxygen atoms in total. The van der Waals surface area contributed by atoms with Crippen LogP contribution in [0.3, 0.4) is 0 Å². The molecule has 1 aromatic rings. The lowest BCUT2D eigenvalue weighted by molar-refractivity contribution is 0.0908. The molecular formula is C14H20N4O2. The van der Waals surface area contributed by atoms with Crippen molar-refractivity contribution >= 4 is 5.91 Å². The van der Waals surface area contributed by atoms with Gasteiger partial charge in [-0.15, -0.1) is 6.58 Å². The number of likely N-dealkylation sites (tertiary alicyclic amines) is 1. The Morgan fingerprint density at radius 3 is 3.00 bits per heavy atom. The van der Waals surface area contributed by atoms with Gasteiger partial charge < -0.3 is 10.1 Å². The summed E-state index contributed by atoms with van der Waals surface area (Å²) in [5.74, 6) is 0.591. The Labute approximate surface area is 118 Å². The number of piperidine rings is 1. The molecule has 0 radical (unpaired) electrons. The highest BCUT2D eigenvalue weighted by atomic mass is 16.5. The van der Waals surface area contributed by atoms with E-state index in [1.807, 2.05) is 6.08 Å². The number of hydrogen-bond donors (Lipinski definition) is 1. The van der Waals surface area contributed by atoms with Gasteiger partial charge in [-0.25, -0.2) is 4.68 Å². The number of carbonyl (C=O) groups excluding carboxylic acids is 1. The zero-order chi connectivity index (χ0) is 13.9. The second-order valence-electron chi connectivity index (χ2n) is 5.28. The van der Waals surface area contributed by atoms with Crippen molar-refractivity contribution in [2.24, 2.45) is 0 Å². The molecule has 1 aromatic heterocycles. The Kier molecular flexibility index (Phi) is 3.73. The second-order valence-corrected chi connectivity index (χ2v) is 5.28. The number of hydrogen-bond acceptors (Lipinski definition) is 4. The maximum atomic E-state index is 12.2. The van der Waals surface area contributed by atoms with Crippen LogP contribution in [0.1, 0.15) is 23.3 Å². The highest BCUT2D eigenvalue weighted by Gasteiger charge is 2.23. The zero-order valence-corrected chi connectivity index (χ0v) is 11.5. The average Bonchev–Trinajstić information content (AvgIpc) is 3.02. The van der Waals surface area contributed by atoms with Crippen molar-refractivity contribution in [2.75, 3.05) is 26.2 Å². The van der Waals surface area contributed by atoms with Crippen molar-refractivity contribution < 1.29 is 9.53 Å². The SMILES string of the molecule is C=CCN1CCC(NC(=O)c2cc3n(n2)CCO3)CC1. The summed E-state index contributed by atoms with van der Waals surface area (Å²) in [6.45, 7) is 8.04. The van der Waals surface area contributed by atoms with Crippen molar-refractivity contribution in [3.63, 3.8) is 0 Å². The lowest BCUT2D eigenvalue weighted by Gasteiger charge is -2.31. The summed E-state index contributed by atoms with van der Waals surface area (Å²) in [4.78, 5) is 14.5. The third kappa shape index (κ3) is 2.70. The first-order chi connectivity index (χ1) is 9.76. The minimum atomic E-state index is -0.0994. The van der Waals surface area contributed by atoms with Gasteiger partial charge in [-0.2, -0.15) is 5.10 Å². The van der Waals surface area contributed by atoms with Crippen LogP contribution in [0.15, 0.2) is 18.7 Å². The first-order valence-electron chi connectivity index (χ1n) is 7.11. The average molecular weight is 276 g/mol. The van der Waals surface area contributed by atoms with E-state index in [1.165, 1.54) is 0 Å². The third-order valence-corrected chi connectivity index (χ3v) is 3.84. The van der Waals surface area contributed by atoms with Gasteiger partial charge in [0, 0.05) is 31.7 Å². The molecule has 2 aliphatic rings. The van der Waals surface area contributed by atoms with Gasteiger partial charge >= 0.3 is 0 Å². The van der Waals surface area contributed by atoms with E-state index in [2.05, 4.69) is 21.9 Å². The van der Waals surface area contributed by atoms with Gasteiger partial charge in [0.05, 0.1) is 6.54 Å². The first kappa shape index (κ1) is 13.2. The standard InChI is InChI=1S/C14H20N4O2/c1-2-5-17-6-3-11(4-7-17)15-14(19)12-10-13-18(16-12)8-9-20-13/h2,10-11H,1,3-9H2,(H,15,19). The Morgan fingerprint density at radius 2 is 2.30 bits per heavy atom. The van der Waals surface area contributed by atoms with Crippen LogP contribution in [0.5, 0.6) is 5.88 Å². The molecule has 3 rings (SSSR count). The number of ether oxygens (including phenoxy) is 1. The van der Waals surface area contributed by atoms with Crippen LogP contribution >= 0.6 is 0 Å². The molecule has 0 aliphatic carbocycles. The Balaban J connectivity index is 1.53. The normalized spacial score (nSPS) is 19.4. The largest absolute Gasteiger partial charge is 0.476 e. The third-order valence-electron chi connectivity index (χ3n) is 3.84. The molecule has 1 fully saturated rings. The minimum Gasteiger partial charge on any atom is -0.476 e. The van der Waals surface area contributed by atoms with Crippen LogP contribution in [-0.4, -0.2) is 52.9 Å². The van der Waals surface area contributed by atoms with Gasteiger partial charge in [0.25, 0.3) is 5.91 Å². The second kappa shape index (κ2) is 5.66. The van der Waals surface area contributed by atoms with E-state index >= 15 is 0 Å². The summed E-state index contributed by atoms with van der Waals surface area (Å²) < 4.78 is 7.10. The maximum Gasteiger partial charge on any atom is 0.272 e. The van der Waals surface area contributed by atoms with E-state index in [-0.39, 0.29) is 11.9 Å². The minimum absolute atomic E-state index is 0.0994. The van der Waals surface area contributed by atoms with Crippen LogP contribution in [0.4, 0.5) is 0 Å². The van der Waals surface area contributed by atoms with Gasteiger partial charge in [-0.1, -0.05) is 6.08 Å². The highest BCUT2D eigenvalue weighted by molar-refractivity contribution is 5.92. The summed E-state index contributed by atoms with van der Waals surface area (Å²) in [6.07, 6.45) is 3.87. The Morgan fingerprint density at radius 1 is 1.50 bits per heavy atom. The molecule has 1 saturated heterocycles. The first-order valence-corrected chi connectivity index (χ1v) is 7.11. The molecule has 0 spiro atoms. The molecule has 0 saturated carbocycles. The van der Waals surface area contributed by atoms with Gasteiger partial charge in [-0.3, -0.25) is 9.69 Å². The summed E-state index contributed by atoms with van der Waals surface area (Å²) >= 11 is 0.